The molecule has 0 aromatic carbocycles. The Morgan fingerprint density at radius 2 is 1.57 bits per heavy atom. The van der Waals surface area contributed by atoms with Crippen LogP contribution < -0.4 is 0 Å². The smallest absolute Gasteiger partial charge is 0.303 e. The minimum atomic E-state index is -0.649. The Bertz CT molecular complexity index is 339. The van der Waals surface area contributed by atoms with Gasteiger partial charge in [0.1, 0.15) is 0 Å². The first-order valence-electron chi connectivity index (χ1n) is 9.62. The number of carboxylic acids is 1. The molecular weight excluding hydrogens is 288 g/mol. The standard InChI is InChI=1S/C20H38O3/c1-19(2,3)12-8-4-6-10-17(21)11-7-5-9-13-20(14-15-20)16-18(22)23/h17,21H,4-16H2,1-3H3,(H,22,23). The van der Waals surface area contributed by atoms with Gasteiger partial charge in [-0.1, -0.05) is 59.3 Å². The van der Waals surface area contributed by atoms with Crippen LogP contribution in [-0.4, -0.2) is 22.3 Å². The zero-order valence-corrected chi connectivity index (χ0v) is 15.6. The average Bonchev–Trinajstić information content (AvgIpc) is 3.15. The zero-order valence-electron chi connectivity index (χ0n) is 15.6. The van der Waals surface area contributed by atoms with Crippen molar-refractivity contribution in [3.63, 3.8) is 0 Å². The molecule has 1 fully saturated rings. The molecule has 0 aliphatic heterocycles. The van der Waals surface area contributed by atoms with E-state index in [4.69, 9.17) is 5.11 Å². The zero-order chi connectivity index (χ0) is 17.3. The van der Waals surface area contributed by atoms with Gasteiger partial charge >= 0.3 is 5.97 Å². The van der Waals surface area contributed by atoms with Crippen LogP contribution in [0.4, 0.5) is 0 Å². The molecule has 1 aliphatic carbocycles. The van der Waals surface area contributed by atoms with Crippen LogP contribution in [0.1, 0.15) is 104 Å². The van der Waals surface area contributed by atoms with Crippen molar-refractivity contribution in [2.45, 2.75) is 110 Å². The summed E-state index contributed by atoms with van der Waals surface area (Å²) >= 11 is 0. The molecule has 1 saturated carbocycles. The molecule has 0 amide bonds. The van der Waals surface area contributed by atoms with Gasteiger partial charge in [-0.05, 0) is 49.4 Å². The van der Waals surface area contributed by atoms with Gasteiger partial charge in [0, 0.05) is 0 Å². The monoisotopic (exact) mass is 326 g/mol. The summed E-state index contributed by atoms with van der Waals surface area (Å²) in [5.74, 6) is -0.649. The highest BCUT2D eigenvalue weighted by Crippen LogP contribution is 2.52. The lowest BCUT2D eigenvalue weighted by Crippen LogP contribution is -2.09. The van der Waals surface area contributed by atoms with E-state index in [0.29, 0.717) is 11.8 Å². The quantitative estimate of drug-likeness (QED) is 0.436. The highest BCUT2D eigenvalue weighted by Gasteiger charge is 2.43. The van der Waals surface area contributed by atoms with Gasteiger partial charge in [-0.25, -0.2) is 0 Å². The molecule has 3 heteroatoms. The predicted octanol–water partition coefficient (Wildman–Crippen LogP) is 5.55. The number of aliphatic hydroxyl groups is 1. The maximum Gasteiger partial charge on any atom is 0.303 e. The van der Waals surface area contributed by atoms with Crippen LogP contribution in [0.15, 0.2) is 0 Å². The molecule has 1 unspecified atom stereocenters. The van der Waals surface area contributed by atoms with Crippen LogP contribution in [0.25, 0.3) is 0 Å². The first-order chi connectivity index (χ1) is 10.7. The summed E-state index contributed by atoms with van der Waals surface area (Å²) in [5, 5.41) is 18.9. The number of aliphatic carboxylic acids is 1. The topological polar surface area (TPSA) is 57.5 Å². The third-order valence-electron chi connectivity index (χ3n) is 5.19. The molecule has 1 rings (SSSR count). The largest absolute Gasteiger partial charge is 0.481 e. The summed E-state index contributed by atoms with van der Waals surface area (Å²) in [7, 11) is 0. The van der Waals surface area contributed by atoms with E-state index < -0.39 is 5.97 Å². The van der Waals surface area contributed by atoms with E-state index >= 15 is 0 Å². The normalized spacial score (nSPS) is 17.9. The van der Waals surface area contributed by atoms with E-state index in [1.54, 1.807) is 0 Å². The third-order valence-corrected chi connectivity index (χ3v) is 5.19. The van der Waals surface area contributed by atoms with Crippen LogP contribution in [0.5, 0.6) is 0 Å². The van der Waals surface area contributed by atoms with E-state index in [-0.39, 0.29) is 11.5 Å². The van der Waals surface area contributed by atoms with E-state index in [2.05, 4.69) is 20.8 Å². The maximum absolute atomic E-state index is 10.8. The van der Waals surface area contributed by atoms with Gasteiger partial charge in [-0.3, -0.25) is 4.79 Å². The summed E-state index contributed by atoms with van der Waals surface area (Å²) < 4.78 is 0. The first kappa shape index (κ1) is 20.5. The highest BCUT2D eigenvalue weighted by molar-refractivity contribution is 5.68. The number of carbonyl (C=O) groups is 1. The van der Waals surface area contributed by atoms with Gasteiger partial charge in [0.25, 0.3) is 0 Å². The minimum Gasteiger partial charge on any atom is -0.481 e. The van der Waals surface area contributed by atoms with Gasteiger partial charge in [0.15, 0.2) is 0 Å². The number of aliphatic hydroxyl groups excluding tert-OH is 1. The summed E-state index contributed by atoms with van der Waals surface area (Å²) in [4.78, 5) is 10.8. The van der Waals surface area contributed by atoms with E-state index in [0.717, 1.165) is 57.8 Å². The first-order valence-corrected chi connectivity index (χ1v) is 9.62. The second kappa shape index (κ2) is 9.66. The van der Waals surface area contributed by atoms with Gasteiger partial charge in [0.05, 0.1) is 12.5 Å². The molecule has 2 N–H and O–H groups in total. The summed E-state index contributed by atoms with van der Waals surface area (Å²) in [6.07, 6.45) is 13.5. The molecule has 3 nitrogen and oxygen atoms in total. The van der Waals surface area contributed by atoms with Crippen molar-refractivity contribution >= 4 is 5.97 Å². The minimum absolute atomic E-state index is 0.136. The SMILES string of the molecule is CC(C)(C)CCCCCC(O)CCCCCC1(CC(=O)O)CC1. The Hall–Kier alpha value is -0.570. The molecule has 0 spiro atoms. The van der Waals surface area contributed by atoms with Crippen molar-refractivity contribution in [1.29, 1.82) is 0 Å². The molecule has 0 saturated heterocycles. The molecule has 0 aromatic rings. The van der Waals surface area contributed by atoms with Gasteiger partial charge in [-0.2, -0.15) is 0 Å². The lowest BCUT2D eigenvalue weighted by Gasteiger charge is -2.17. The van der Waals surface area contributed by atoms with Crippen LogP contribution in [0.2, 0.25) is 0 Å². The fraction of sp³-hybridized carbons (Fsp3) is 0.950. The lowest BCUT2D eigenvalue weighted by molar-refractivity contribution is -0.138. The molecule has 136 valence electrons. The average molecular weight is 327 g/mol. The Morgan fingerprint density at radius 1 is 1.00 bits per heavy atom. The van der Waals surface area contributed by atoms with E-state index in [1.807, 2.05) is 0 Å². The fourth-order valence-electron chi connectivity index (χ4n) is 3.43. The molecule has 0 bridgehead atoms. The second-order valence-electron chi connectivity index (χ2n) is 8.98. The molecule has 0 heterocycles. The third kappa shape index (κ3) is 10.8. The van der Waals surface area contributed by atoms with E-state index in [9.17, 15) is 9.90 Å². The van der Waals surface area contributed by atoms with Crippen LogP contribution >= 0.6 is 0 Å². The van der Waals surface area contributed by atoms with Crippen molar-refractivity contribution in [3.8, 4) is 0 Å². The summed E-state index contributed by atoms with van der Waals surface area (Å²) in [6.45, 7) is 6.85. The summed E-state index contributed by atoms with van der Waals surface area (Å²) in [6, 6.07) is 0. The Morgan fingerprint density at radius 3 is 2.04 bits per heavy atom. The number of carboxylic acid groups (broad SMARTS) is 1. The van der Waals surface area contributed by atoms with Crippen molar-refractivity contribution in [3.05, 3.63) is 0 Å². The molecule has 1 aliphatic rings. The maximum atomic E-state index is 10.8. The van der Waals surface area contributed by atoms with Crippen molar-refractivity contribution in [2.24, 2.45) is 10.8 Å². The van der Waals surface area contributed by atoms with Crippen LogP contribution in [-0.2, 0) is 4.79 Å². The molecule has 0 radical (unpaired) electrons. The van der Waals surface area contributed by atoms with Crippen molar-refractivity contribution in [2.75, 3.05) is 0 Å². The Labute approximate surface area is 142 Å². The van der Waals surface area contributed by atoms with Crippen molar-refractivity contribution < 1.29 is 15.0 Å². The van der Waals surface area contributed by atoms with Crippen LogP contribution in [0, 0.1) is 10.8 Å². The Kier molecular flexibility index (Phi) is 8.60. The Balaban J connectivity index is 1.92. The molecule has 1 atom stereocenters. The lowest BCUT2D eigenvalue weighted by atomic mass is 9.89. The number of rotatable bonds is 13. The second-order valence-corrected chi connectivity index (χ2v) is 8.98. The predicted molar refractivity (Wildman–Crippen MR) is 95.6 cm³/mol. The van der Waals surface area contributed by atoms with Gasteiger partial charge in [0.2, 0.25) is 0 Å². The highest BCUT2D eigenvalue weighted by atomic mass is 16.4. The van der Waals surface area contributed by atoms with E-state index in [1.165, 1.54) is 19.3 Å². The number of hydrogen-bond donors (Lipinski definition) is 2. The molecular formula is C20H38O3. The number of hydrogen-bond acceptors (Lipinski definition) is 2. The molecule has 0 aromatic heterocycles. The van der Waals surface area contributed by atoms with Gasteiger partial charge < -0.3 is 10.2 Å². The fourth-order valence-corrected chi connectivity index (χ4v) is 3.43. The number of unbranched alkanes of at least 4 members (excludes halogenated alkanes) is 4. The van der Waals surface area contributed by atoms with Gasteiger partial charge in [-0.15, -0.1) is 0 Å². The van der Waals surface area contributed by atoms with Crippen molar-refractivity contribution in [1.82, 2.24) is 0 Å². The van der Waals surface area contributed by atoms with Crippen LogP contribution in [0.3, 0.4) is 0 Å². The molecule has 23 heavy (non-hydrogen) atoms. The summed E-state index contributed by atoms with van der Waals surface area (Å²) in [5.41, 5.74) is 0.565.